The van der Waals surface area contributed by atoms with E-state index in [1.54, 1.807) is 6.92 Å². The normalized spacial score (nSPS) is 10.6. The van der Waals surface area contributed by atoms with Crippen molar-refractivity contribution in [3.05, 3.63) is 34.1 Å². The Hall–Kier alpha value is -1.62. The molecule has 0 aliphatic rings. The van der Waals surface area contributed by atoms with Gasteiger partial charge in [-0.15, -0.1) is 0 Å². The molecule has 0 aliphatic carbocycles. The highest BCUT2D eigenvalue weighted by atomic mass is 35.5. The summed E-state index contributed by atoms with van der Waals surface area (Å²) in [6, 6.07) is 1.87. The van der Waals surface area contributed by atoms with Crippen LogP contribution in [0.15, 0.2) is 10.6 Å². The van der Waals surface area contributed by atoms with Gasteiger partial charge in [-0.3, -0.25) is 0 Å². The summed E-state index contributed by atoms with van der Waals surface area (Å²) in [5.74, 6) is 2.11. The summed E-state index contributed by atoms with van der Waals surface area (Å²) in [7, 11) is 0. The van der Waals surface area contributed by atoms with Crippen LogP contribution in [0.5, 0.6) is 0 Å². The minimum Gasteiger partial charge on any atom is -0.362 e. The van der Waals surface area contributed by atoms with E-state index in [1.807, 2.05) is 19.9 Å². The van der Waals surface area contributed by atoms with E-state index in [1.165, 1.54) is 0 Å². The largest absolute Gasteiger partial charge is 0.362 e. The maximum Gasteiger partial charge on any atom is 0.156 e. The third-order valence-corrected chi connectivity index (χ3v) is 2.67. The van der Waals surface area contributed by atoms with Crippen LogP contribution in [0.3, 0.4) is 0 Å². The fourth-order valence-corrected chi connectivity index (χ4v) is 1.65. The van der Waals surface area contributed by atoms with Crippen molar-refractivity contribution in [1.82, 2.24) is 15.1 Å². The molecule has 0 saturated carbocycles. The van der Waals surface area contributed by atoms with Gasteiger partial charge in [-0.25, -0.2) is 9.97 Å². The molecule has 17 heavy (non-hydrogen) atoms. The van der Waals surface area contributed by atoms with Crippen LogP contribution in [-0.2, 0) is 6.54 Å². The molecular formula is C11H13ClN4O. The number of anilines is 1. The first-order valence-corrected chi connectivity index (χ1v) is 5.61. The fourth-order valence-electron chi connectivity index (χ4n) is 1.44. The van der Waals surface area contributed by atoms with Gasteiger partial charge < -0.3 is 9.84 Å². The SMILES string of the molecule is Cc1cc(CNc2nc(C)nc(Cl)c2C)on1. The molecule has 1 N–H and O–H groups in total. The van der Waals surface area contributed by atoms with Crippen LogP contribution in [0.25, 0.3) is 0 Å². The lowest BCUT2D eigenvalue weighted by Crippen LogP contribution is -2.05. The van der Waals surface area contributed by atoms with E-state index in [-0.39, 0.29) is 0 Å². The van der Waals surface area contributed by atoms with E-state index in [0.717, 1.165) is 22.8 Å². The van der Waals surface area contributed by atoms with Crippen LogP contribution in [0.2, 0.25) is 5.15 Å². The maximum absolute atomic E-state index is 5.98. The molecule has 0 fully saturated rings. The number of hydrogen-bond donors (Lipinski definition) is 1. The number of aryl methyl sites for hydroxylation is 2. The predicted molar refractivity (Wildman–Crippen MR) is 65.1 cm³/mol. The second-order valence-electron chi connectivity index (χ2n) is 3.82. The molecule has 0 aromatic carbocycles. The highest BCUT2D eigenvalue weighted by molar-refractivity contribution is 6.30. The Balaban J connectivity index is 2.14. The minimum absolute atomic E-state index is 0.466. The molecule has 0 unspecified atom stereocenters. The summed E-state index contributed by atoms with van der Waals surface area (Å²) in [5, 5.41) is 7.43. The molecule has 0 radical (unpaired) electrons. The average molecular weight is 253 g/mol. The van der Waals surface area contributed by atoms with Crippen LogP contribution < -0.4 is 5.32 Å². The van der Waals surface area contributed by atoms with Gasteiger partial charge in [-0.2, -0.15) is 0 Å². The van der Waals surface area contributed by atoms with Crippen molar-refractivity contribution < 1.29 is 4.52 Å². The lowest BCUT2D eigenvalue weighted by Gasteiger charge is -2.08. The summed E-state index contributed by atoms with van der Waals surface area (Å²) in [6.07, 6.45) is 0. The van der Waals surface area contributed by atoms with Crippen molar-refractivity contribution in [2.75, 3.05) is 5.32 Å². The lowest BCUT2D eigenvalue weighted by molar-refractivity contribution is 0.384. The minimum atomic E-state index is 0.466. The summed E-state index contributed by atoms with van der Waals surface area (Å²) < 4.78 is 5.10. The number of rotatable bonds is 3. The Bertz CT molecular complexity index is 538. The van der Waals surface area contributed by atoms with E-state index >= 15 is 0 Å². The quantitative estimate of drug-likeness (QED) is 0.851. The molecule has 0 aliphatic heterocycles. The van der Waals surface area contributed by atoms with Gasteiger partial charge in [0.25, 0.3) is 0 Å². The molecule has 2 aromatic heterocycles. The summed E-state index contributed by atoms with van der Waals surface area (Å²) in [4.78, 5) is 8.36. The molecule has 0 spiro atoms. The molecule has 2 aromatic rings. The Labute approximate surface area is 104 Å². The van der Waals surface area contributed by atoms with E-state index in [4.69, 9.17) is 16.1 Å². The molecule has 90 valence electrons. The van der Waals surface area contributed by atoms with Crippen LogP contribution in [-0.4, -0.2) is 15.1 Å². The van der Waals surface area contributed by atoms with Gasteiger partial charge in [0.05, 0.1) is 12.2 Å². The molecule has 0 amide bonds. The van der Waals surface area contributed by atoms with Gasteiger partial charge in [-0.05, 0) is 20.8 Å². The van der Waals surface area contributed by atoms with E-state index in [2.05, 4.69) is 20.4 Å². The van der Waals surface area contributed by atoms with Gasteiger partial charge in [0.2, 0.25) is 0 Å². The monoisotopic (exact) mass is 252 g/mol. The summed E-state index contributed by atoms with van der Waals surface area (Å²) in [6.45, 7) is 6.07. The number of nitrogens with zero attached hydrogens (tertiary/aromatic N) is 3. The molecule has 0 saturated heterocycles. The van der Waals surface area contributed by atoms with Gasteiger partial charge in [-0.1, -0.05) is 16.8 Å². The van der Waals surface area contributed by atoms with Gasteiger partial charge >= 0.3 is 0 Å². The molecule has 6 heteroatoms. The Morgan fingerprint density at radius 1 is 1.29 bits per heavy atom. The lowest BCUT2D eigenvalue weighted by atomic mass is 10.3. The zero-order valence-electron chi connectivity index (χ0n) is 9.91. The Morgan fingerprint density at radius 3 is 2.71 bits per heavy atom. The van der Waals surface area contributed by atoms with Crippen molar-refractivity contribution in [2.45, 2.75) is 27.3 Å². The van der Waals surface area contributed by atoms with Crippen LogP contribution >= 0.6 is 11.6 Å². The van der Waals surface area contributed by atoms with Crippen molar-refractivity contribution in [2.24, 2.45) is 0 Å². The highest BCUT2D eigenvalue weighted by Gasteiger charge is 2.08. The third kappa shape index (κ3) is 2.74. The molecule has 5 nitrogen and oxygen atoms in total. The standard InChI is InChI=1S/C11H13ClN4O/c1-6-4-9(17-16-6)5-13-11-7(2)10(12)14-8(3)15-11/h4H,5H2,1-3H3,(H,13,14,15). The summed E-state index contributed by atoms with van der Waals surface area (Å²) in [5.41, 5.74) is 1.68. The van der Waals surface area contributed by atoms with Crippen molar-refractivity contribution in [3.63, 3.8) is 0 Å². The maximum atomic E-state index is 5.98. The highest BCUT2D eigenvalue weighted by Crippen LogP contribution is 2.20. The van der Waals surface area contributed by atoms with Crippen molar-refractivity contribution in [1.29, 1.82) is 0 Å². The second-order valence-corrected chi connectivity index (χ2v) is 4.18. The Kier molecular flexibility index (Phi) is 3.28. The topological polar surface area (TPSA) is 63.8 Å². The van der Waals surface area contributed by atoms with Crippen LogP contribution in [0.4, 0.5) is 5.82 Å². The first kappa shape index (κ1) is 11.9. The first-order valence-electron chi connectivity index (χ1n) is 5.23. The van der Waals surface area contributed by atoms with E-state index in [0.29, 0.717) is 17.5 Å². The third-order valence-electron chi connectivity index (χ3n) is 2.31. The zero-order chi connectivity index (χ0) is 12.4. The van der Waals surface area contributed by atoms with Gasteiger partial charge in [0.1, 0.15) is 16.8 Å². The molecular weight excluding hydrogens is 240 g/mol. The average Bonchev–Trinajstić information content (AvgIpc) is 2.67. The predicted octanol–water partition coefficient (Wildman–Crippen LogP) is 2.66. The van der Waals surface area contributed by atoms with Crippen molar-refractivity contribution >= 4 is 17.4 Å². The number of halogens is 1. The molecule has 0 bridgehead atoms. The number of hydrogen-bond acceptors (Lipinski definition) is 5. The zero-order valence-corrected chi connectivity index (χ0v) is 10.7. The smallest absolute Gasteiger partial charge is 0.156 e. The molecule has 2 heterocycles. The van der Waals surface area contributed by atoms with Crippen LogP contribution in [0, 0.1) is 20.8 Å². The first-order chi connectivity index (χ1) is 8.06. The van der Waals surface area contributed by atoms with Crippen LogP contribution in [0.1, 0.15) is 22.8 Å². The molecule has 2 rings (SSSR count). The summed E-state index contributed by atoms with van der Waals surface area (Å²) >= 11 is 5.98. The van der Waals surface area contributed by atoms with Crippen molar-refractivity contribution in [3.8, 4) is 0 Å². The Morgan fingerprint density at radius 2 is 2.06 bits per heavy atom. The molecule has 0 atom stereocenters. The number of nitrogens with one attached hydrogen (secondary N) is 1. The number of aromatic nitrogens is 3. The second kappa shape index (κ2) is 4.71. The van der Waals surface area contributed by atoms with Gasteiger partial charge in [0.15, 0.2) is 5.76 Å². The van der Waals surface area contributed by atoms with E-state index in [9.17, 15) is 0 Å². The van der Waals surface area contributed by atoms with E-state index < -0.39 is 0 Å². The van der Waals surface area contributed by atoms with Gasteiger partial charge in [0, 0.05) is 11.6 Å². The fraction of sp³-hybridized carbons (Fsp3) is 0.364.